The normalized spacial score (nSPS) is 12.2. The van der Waals surface area contributed by atoms with Crippen molar-refractivity contribution in [1.82, 2.24) is 9.13 Å². The monoisotopic (exact) mass is 670 g/mol. The molecule has 0 radical (unpaired) electrons. The number of hydrogen-bond acceptors (Lipinski definition) is 0. The molecule has 0 fully saturated rings. The zero-order valence-electron chi connectivity index (χ0n) is 27.9. The molecule has 0 aliphatic rings. The van der Waals surface area contributed by atoms with Gasteiger partial charge in [-0.25, -0.2) is 0 Å². The molecule has 0 saturated carbocycles. The number of aromatic nitrogens is 2. The Balaban J connectivity index is 1.39. The Morgan fingerprint density at radius 2 is 0.667 bits per heavy atom. The van der Waals surface area contributed by atoms with Gasteiger partial charge in [0.1, 0.15) is 0 Å². The van der Waals surface area contributed by atoms with Gasteiger partial charge in [0.2, 0.25) is 0 Å². The lowest BCUT2D eigenvalue weighted by Crippen LogP contribution is -2.05. The zero-order chi connectivity index (χ0) is 33.8. The first-order chi connectivity index (χ1) is 25.3. The van der Waals surface area contributed by atoms with Gasteiger partial charge in [0.05, 0.1) is 22.1 Å². The van der Waals surface area contributed by atoms with E-state index in [1.165, 1.54) is 63.2 Å². The van der Waals surface area contributed by atoms with Crippen LogP contribution in [0.3, 0.4) is 0 Å². The summed E-state index contributed by atoms with van der Waals surface area (Å²) in [5, 5.41) is 4.99. The quantitative estimate of drug-likeness (QED) is 0.167. The van der Waals surface area contributed by atoms with Crippen LogP contribution in [-0.2, 0) is 0 Å². The van der Waals surface area contributed by atoms with Crippen LogP contribution in [0.1, 0.15) is 0 Å². The number of para-hydroxylation sites is 3. The van der Waals surface area contributed by atoms with Gasteiger partial charge in [-0.15, -0.1) is 10.0 Å². The number of rotatable bonds is 6. The fourth-order valence-electron chi connectivity index (χ4n) is 8.10. The number of hydrogen-bond donors (Lipinski definition) is 0. The van der Waals surface area contributed by atoms with E-state index in [-0.39, 0.29) is 0 Å². The predicted molar refractivity (Wildman–Crippen MR) is 215 cm³/mol. The molecule has 10 rings (SSSR count). The first-order valence-corrected chi connectivity index (χ1v) is 19.1. The first kappa shape index (κ1) is 29.6. The van der Waals surface area contributed by atoms with E-state index in [2.05, 4.69) is 215 Å². The van der Waals surface area contributed by atoms with Gasteiger partial charge in [-0.2, -0.15) is 0 Å². The van der Waals surface area contributed by atoms with E-state index in [1.54, 1.807) is 0 Å². The van der Waals surface area contributed by atoms with E-state index >= 15 is 0 Å². The molecule has 2 heterocycles. The van der Waals surface area contributed by atoms with E-state index < -0.39 is 10.0 Å². The third-order valence-electron chi connectivity index (χ3n) is 10.2. The van der Waals surface area contributed by atoms with Crippen molar-refractivity contribution in [2.45, 2.75) is 19.6 Å². The van der Waals surface area contributed by atoms with Gasteiger partial charge in [0, 0.05) is 52.5 Å². The van der Waals surface area contributed by atoms with Gasteiger partial charge in [-0.1, -0.05) is 121 Å². The van der Waals surface area contributed by atoms with Crippen molar-refractivity contribution in [3.8, 4) is 11.4 Å². The maximum Gasteiger partial charge on any atom is 0.0788 e. The minimum atomic E-state index is -1.86. The van der Waals surface area contributed by atoms with Crippen LogP contribution in [0.5, 0.6) is 0 Å². The Hall–Kier alpha value is -6.29. The lowest BCUT2D eigenvalue weighted by Gasteiger charge is -2.42. The maximum absolute atomic E-state index is 2.50. The molecule has 0 aliphatic heterocycles. The number of nitrogens with zero attached hydrogens (tertiary/aromatic N) is 2. The predicted octanol–water partition coefficient (Wildman–Crippen LogP) is 13.2. The minimum Gasteiger partial charge on any atom is -0.307 e. The van der Waals surface area contributed by atoms with Crippen LogP contribution in [0.2, 0.25) is 0 Å². The molecule has 10 aromatic rings. The molecule has 0 atom stereocenters. The Morgan fingerprint density at radius 1 is 0.275 bits per heavy atom. The SMILES string of the molecule is c1ccc(-n2c3ccccc3c3ccc4c5cc(S(c6ccccc6)(c6ccccc6)c6ccccc6)ccc5n(-c5ccccc5)c4c32)cc1. The molecule has 51 heavy (non-hydrogen) atoms. The summed E-state index contributed by atoms with van der Waals surface area (Å²) in [7, 11) is -1.86. The summed E-state index contributed by atoms with van der Waals surface area (Å²) in [5.74, 6) is 0. The van der Waals surface area contributed by atoms with E-state index in [1.807, 2.05) is 0 Å². The molecule has 0 unspecified atom stereocenters. The summed E-state index contributed by atoms with van der Waals surface area (Å²) in [6.45, 7) is 0. The van der Waals surface area contributed by atoms with Crippen molar-refractivity contribution in [3.05, 3.63) is 206 Å². The number of fused-ring (bicyclic) bond motifs is 7. The lowest BCUT2D eigenvalue weighted by molar-refractivity contribution is 1.15. The molecule has 8 aromatic carbocycles. The third kappa shape index (κ3) is 4.45. The van der Waals surface area contributed by atoms with Crippen molar-refractivity contribution in [2.24, 2.45) is 0 Å². The van der Waals surface area contributed by atoms with Gasteiger partial charge >= 0.3 is 0 Å². The van der Waals surface area contributed by atoms with Crippen molar-refractivity contribution >= 4 is 53.6 Å². The van der Waals surface area contributed by atoms with Crippen LogP contribution in [0.15, 0.2) is 226 Å². The average Bonchev–Trinajstić information content (AvgIpc) is 3.73. The second-order valence-corrected chi connectivity index (χ2v) is 16.1. The van der Waals surface area contributed by atoms with Gasteiger partial charge in [0.25, 0.3) is 0 Å². The fraction of sp³-hybridized carbons (Fsp3) is 0. The highest BCUT2D eigenvalue weighted by Gasteiger charge is 2.34. The Morgan fingerprint density at radius 3 is 1.16 bits per heavy atom. The Bertz CT molecular complexity index is 2730. The van der Waals surface area contributed by atoms with Crippen molar-refractivity contribution in [3.63, 3.8) is 0 Å². The summed E-state index contributed by atoms with van der Waals surface area (Å²) < 4.78 is 4.94. The van der Waals surface area contributed by atoms with Crippen LogP contribution in [-0.4, -0.2) is 9.13 Å². The molecule has 2 nitrogen and oxygen atoms in total. The summed E-state index contributed by atoms with van der Waals surface area (Å²) in [4.78, 5) is 5.27. The summed E-state index contributed by atoms with van der Waals surface area (Å²) in [5.41, 5.74) is 7.13. The molecule has 0 N–H and O–H groups in total. The lowest BCUT2D eigenvalue weighted by atomic mass is 10.1. The summed E-state index contributed by atoms with van der Waals surface area (Å²) in [6.07, 6.45) is 0. The maximum atomic E-state index is 2.50. The highest BCUT2D eigenvalue weighted by molar-refractivity contribution is 8.34. The van der Waals surface area contributed by atoms with Crippen LogP contribution < -0.4 is 0 Å². The Kier molecular flexibility index (Phi) is 6.93. The molecule has 3 heteroatoms. The molecule has 2 aromatic heterocycles. The van der Waals surface area contributed by atoms with E-state index in [0.29, 0.717) is 0 Å². The third-order valence-corrected chi connectivity index (χ3v) is 14.1. The molecular weight excluding hydrogens is 637 g/mol. The van der Waals surface area contributed by atoms with E-state index in [9.17, 15) is 0 Å². The standard InChI is InChI=1S/C48H34N2S/c1-6-18-35(19-7-1)49-45-29-17-16-28-41(45)42-31-32-43-44-34-40(30-33-46(44)50(48(43)47(42)49)36-20-8-2-9-21-36)51(37-22-10-3-11-23-37,38-24-12-4-13-25-38)39-26-14-5-15-27-39/h1-34H. The molecule has 0 bridgehead atoms. The molecule has 0 amide bonds. The number of benzene rings is 8. The summed E-state index contributed by atoms with van der Waals surface area (Å²) >= 11 is 0. The molecule has 0 aliphatic carbocycles. The fourth-order valence-corrected chi connectivity index (χ4v) is 12.0. The van der Waals surface area contributed by atoms with Gasteiger partial charge in [-0.05, 0) is 84.9 Å². The highest BCUT2D eigenvalue weighted by Crippen LogP contribution is 2.73. The average molecular weight is 671 g/mol. The second-order valence-electron chi connectivity index (χ2n) is 12.9. The largest absolute Gasteiger partial charge is 0.307 e. The highest BCUT2D eigenvalue weighted by atomic mass is 32.3. The van der Waals surface area contributed by atoms with Crippen molar-refractivity contribution in [2.75, 3.05) is 0 Å². The topological polar surface area (TPSA) is 9.86 Å². The van der Waals surface area contributed by atoms with Crippen molar-refractivity contribution < 1.29 is 0 Å². The van der Waals surface area contributed by atoms with Gasteiger partial charge in [-0.3, -0.25) is 0 Å². The zero-order valence-corrected chi connectivity index (χ0v) is 28.7. The Labute approximate surface area is 298 Å². The van der Waals surface area contributed by atoms with Crippen LogP contribution in [0.25, 0.3) is 55.0 Å². The molecule has 242 valence electrons. The van der Waals surface area contributed by atoms with Crippen LogP contribution >= 0.6 is 10.0 Å². The van der Waals surface area contributed by atoms with Gasteiger partial charge in [0.15, 0.2) is 0 Å². The van der Waals surface area contributed by atoms with Crippen LogP contribution in [0, 0.1) is 0 Å². The van der Waals surface area contributed by atoms with Crippen LogP contribution in [0.4, 0.5) is 0 Å². The van der Waals surface area contributed by atoms with E-state index in [0.717, 1.165) is 11.4 Å². The van der Waals surface area contributed by atoms with Gasteiger partial charge < -0.3 is 9.13 Å². The molecule has 0 saturated heterocycles. The summed E-state index contributed by atoms with van der Waals surface area (Å²) in [6, 6.07) is 75.8. The minimum absolute atomic E-state index is 1.15. The smallest absolute Gasteiger partial charge is 0.0788 e. The molecule has 0 spiro atoms. The van der Waals surface area contributed by atoms with Crippen molar-refractivity contribution in [1.29, 1.82) is 0 Å². The van der Waals surface area contributed by atoms with E-state index in [4.69, 9.17) is 0 Å². The second kappa shape index (κ2) is 11.9. The first-order valence-electron chi connectivity index (χ1n) is 17.4. The molecular formula is C48H34N2S.